The third-order valence-electron chi connectivity index (χ3n) is 2.70. The molecule has 102 valence electrons. The Morgan fingerprint density at radius 1 is 1.18 bits per heavy atom. The third-order valence-corrected chi connectivity index (χ3v) is 2.70. The average molecular weight is 240 g/mol. The van der Waals surface area contributed by atoms with Gasteiger partial charge in [-0.15, -0.1) is 6.58 Å². The quantitative estimate of drug-likeness (QED) is 0.447. The zero-order valence-electron chi connectivity index (χ0n) is 12.1. The number of nitrogens with two attached hydrogens (primary N) is 1. The highest BCUT2D eigenvalue weighted by atomic mass is 14.9. The normalized spacial score (nSPS) is 11.1. The summed E-state index contributed by atoms with van der Waals surface area (Å²) < 4.78 is 0. The Kier molecular flexibility index (Phi) is 16.7. The van der Waals surface area contributed by atoms with E-state index >= 15 is 0 Å². The van der Waals surface area contributed by atoms with Crippen LogP contribution < -0.4 is 11.1 Å². The van der Waals surface area contributed by atoms with Gasteiger partial charge in [0.25, 0.3) is 0 Å². The van der Waals surface area contributed by atoms with Crippen LogP contribution in [0.3, 0.4) is 0 Å². The molecule has 0 aromatic carbocycles. The molecule has 0 aliphatic heterocycles. The Hall–Kier alpha value is -0.760. The molecule has 1 unspecified atom stereocenters. The van der Waals surface area contributed by atoms with E-state index in [9.17, 15) is 0 Å². The van der Waals surface area contributed by atoms with Gasteiger partial charge in [0.2, 0.25) is 0 Å². The van der Waals surface area contributed by atoms with Crippen LogP contribution >= 0.6 is 0 Å². The predicted molar refractivity (Wildman–Crippen MR) is 80.0 cm³/mol. The predicted octanol–water partition coefficient (Wildman–Crippen LogP) is 3.99. The standard InChI is InChI=1S/C14H27N.CH5N/c1-5-8-9-10-11-12-13(4)15-14(6-2)7-3;1-2/h6,14-15H,2,4-5,7-12H2,1,3H3;2H2,1H3. The molecule has 0 amide bonds. The Morgan fingerprint density at radius 3 is 2.24 bits per heavy atom. The number of hydrogen-bond donors (Lipinski definition) is 2. The fourth-order valence-corrected chi connectivity index (χ4v) is 1.60. The lowest BCUT2D eigenvalue weighted by molar-refractivity contribution is 0.587. The van der Waals surface area contributed by atoms with Crippen molar-refractivity contribution in [2.45, 2.75) is 64.8 Å². The van der Waals surface area contributed by atoms with E-state index in [0.29, 0.717) is 6.04 Å². The van der Waals surface area contributed by atoms with Crippen LogP contribution in [-0.2, 0) is 0 Å². The smallest absolute Gasteiger partial charge is 0.0436 e. The van der Waals surface area contributed by atoms with Crippen LogP contribution in [-0.4, -0.2) is 13.1 Å². The Bertz CT molecular complexity index is 176. The minimum atomic E-state index is 0.396. The maximum absolute atomic E-state index is 4.50. The Balaban J connectivity index is 0. The molecule has 0 saturated carbocycles. The van der Waals surface area contributed by atoms with E-state index in [1.165, 1.54) is 44.8 Å². The van der Waals surface area contributed by atoms with Gasteiger partial charge >= 0.3 is 0 Å². The van der Waals surface area contributed by atoms with Crippen molar-refractivity contribution in [1.82, 2.24) is 5.32 Å². The summed E-state index contributed by atoms with van der Waals surface area (Å²) in [4.78, 5) is 0. The van der Waals surface area contributed by atoms with Crippen LogP contribution in [0.15, 0.2) is 24.9 Å². The molecule has 2 nitrogen and oxygen atoms in total. The maximum Gasteiger partial charge on any atom is 0.0436 e. The number of allylic oxidation sites excluding steroid dienone is 1. The van der Waals surface area contributed by atoms with Crippen molar-refractivity contribution in [1.29, 1.82) is 0 Å². The second-order valence-corrected chi connectivity index (χ2v) is 4.16. The first-order valence-electron chi connectivity index (χ1n) is 6.89. The summed E-state index contributed by atoms with van der Waals surface area (Å²) in [5.41, 5.74) is 5.67. The molecule has 2 heteroatoms. The van der Waals surface area contributed by atoms with Gasteiger partial charge in [-0.1, -0.05) is 52.2 Å². The SMILES string of the molecule is C=CC(CC)NC(=C)CCCCCCC.CN. The fraction of sp³-hybridized carbons (Fsp3) is 0.733. The molecule has 0 aromatic rings. The summed E-state index contributed by atoms with van der Waals surface area (Å²) in [5, 5.41) is 3.39. The van der Waals surface area contributed by atoms with Gasteiger partial charge in [0, 0.05) is 11.7 Å². The number of nitrogens with one attached hydrogen (secondary N) is 1. The molecule has 0 rings (SSSR count). The van der Waals surface area contributed by atoms with Gasteiger partial charge in [-0.3, -0.25) is 0 Å². The maximum atomic E-state index is 4.50. The molecular weight excluding hydrogens is 208 g/mol. The highest BCUT2D eigenvalue weighted by Gasteiger charge is 2.01. The minimum absolute atomic E-state index is 0.396. The van der Waals surface area contributed by atoms with E-state index in [-0.39, 0.29) is 0 Å². The monoisotopic (exact) mass is 240 g/mol. The van der Waals surface area contributed by atoms with Crippen molar-refractivity contribution in [3.8, 4) is 0 Å². The molecular formula is C15H32N2. The van der Waals surface area contributed by atoms with Crippen LogP contribution in [0.4, 0.5) is 0 Å². The molecule has 0 aromatic heterocycles. The molecule has 3 N–H and O–H groups in total. The summed E-state index contributed by atoms with van der Waals surface area (Å²) in [7, 11) is 1.50. The van der Waals surface area contributed by atoms with Gasteiger partial charge in [-0.25, -0.2) is 0 Å². The van der Waals surface area contributed by atoms with Crippen LogP contribution in [0.1, 0.15) is 58.8 Å². The van der Waals surface area contributed by atoms with Crippen LogP contribution in [0, 0.1) is 0 Å². The van der Waals surface area contributed by atoms with Gasteiger partial charge in [-0.2, -0.15) is 0 Å². The first-order valence-corrected chi connectivity index (χ1v) is 6.89. The molecule has 0 spiro atoms. The number of rotatable bonds is 10. The van der Waals surface area contributed by atoms with Crippen molar-refractivity contribution in [2.75, 3.05) is 7.05 Å². The van der Waals surface area contributed by atoms with Gasteiger partial charge in [0.05, 0.1) is 0 Å². The fourth-order valence-electron chi connectivity index (χ4n) is 1.60. The third kappa shape index (κ3) is 13.2. The molecule has 0 radical (unpaired) electrons. The summed E-state index contributed by atoms with van der Waals surface area (Å²) in [6.45, 7) is 12.3. The van der Waals surface area contributed by atoms with Crippen molar-refractivity contribution in [2.24, 2.45) is 5.73 Å². The zero-order valence-corrected chi connectivity index (χ0v) is 12.1. The lowest BCUT2D eigenvalue weighted by Crippen LogP contribution is -2.24. The average Bonchev–Trinajstić information content (AvgIpc) is 2.38. The van der Waals surface area contributed by atoms with Gasteiger partial charge < -0.3 is 11.1 Å². The first-order chi connectivity index (χ1) is 8.24. The molecule has 0 bridgehead atoms. The Morgan fingerprint density at radius 2 is 1.76 bits per heavy atom. The van der Waals surface area contributed by atoms with Crippen molar-refractivity contribution >= 4 is 0 Å². The second kappa shape index (κ2) is 15.2. The summed E-state index contributed by atoms with van der Waals surface area (Å²) in [5.74, 6) is 0. The van der Waals surface area contributed by atoms with E-state index in [0.717, 1.165) is 12.8 Å². The van der Waals surface area contributed by atoms with E-state index in [2.05, 4.69) is 38.1 Å². The van der Waals surface area contributed by atoms with E-state index < -0.39 is 0 Å². The highest BCUT2D eigenvalue weighted by molar-refractivity contribution is 4.98. The molecule has 0 fully saturated rings. The molecule has 0 heterocycles. The van der Waals surface area contributed by atoms with E-state index in [1.54, 1.807) is 0 Å². The van der Waals surface area contributed by atoms with E-state index in [1.807, 2.05) is 6.08 Å². The molecule has 1 atom stereocenters. The summed E-state index contributed by atoms with van der Waals surface area (Å²) >= 11 is 0. The van der Waals surface area contributed by atoms with Crippen LogP contribution in [0.2, 0.25) is 0 Å². The van der Waals surface area contributed by atoms with Gasteiger partial charge in [0.1, 0.15) is 0 Å². The highest BCUT2D eigenvalue weighted by Crippen LogP contribution is 2.09. The van der Waals surface area contributed by atoms with Gasteiger partial charge in [0.15, 0.2) is 0 Å². The molecule has 0 saturated heterocycles. The van der Waals surface area contributed by atoms with Crippen molar-refractivity contribution in [3.63, 3.8) is 0 Å². The summed E-state index contributed by atoms with van der Waals surface area (Å²) in [6, 6.07) is 0.396. The van der Waals surface area contributed by atoms with Crippen molar-refractivity contribution < 1.29 is 0 Å². The lowest BCUT2D eigenvalue weighted by Gasteiger charge is -2.16. The molecule has 17 heavy (non-hydrogen) atoms. The summed E-state index contributed by atoms with van der Waals surface area (Å²) in [6.07, 6.45) is 10.8. The van der Waals surface area contributed by atoms with Crippen LogP contribution in [0.5, 0.6) is 0 Å². The lowest BCUT2D eigenvalue weighted by atomic mass is 10.1. The zero-order chi connectivity index (χ0) is 13.5. The molecule has 0 aliphatic carbocycles. The topological polar surface area (TPSA) is 38.0 Å². The largest absolute Gasteiger partial charge is 0.383 e. The van der Waals surface area contributed by atoms with Crippen LogP contribution in [0.25, 0.3) is 0 Å². The Labute approximate surface area is 108 Å². The number of hydrogen-bond acceptors (Lipinski definition) is 2. The van der Waals surface area contributed by atoms with Crippen molar-refractivity contribution in [3.05, 3.63) is 24.9 Å². The second-order valence-electron chi connectivity index (χ2n) is 4.16. The number of unbranched alkanes of at least 4 members (excludes halogenated alkanes) is 4. The minimum Gasteiger partial charge on any atom is -0.383 e. The first kappa shape index (κ1) is 18.6. The molecule has 0 aliphatic rings. The van der Waals surface area contributed by atoms with E-state index in [4.69, 9.17) is 0 Å². The van der Waals surface area contributed by atoms with Gasteiger partial charge in [-0.05, 0) is 26.3 Å².